The van der Waals surface area contributed by atoms with Crippen molar-refractivity contribution in [1.29, 1.82) is 0 Å². The van der Waals surface area contributed by atoms with Crippen molar-refractivity contribution in [3.8, 4) is 11.6 Å². The number of benzene rings is 1. The lowest BCUT2D eigenvalue weighted by molar-refractivity contribution is -0.384. The number of ether oxygens (including phenoxy) is 1. The molecule has 1 aromatic heterocycles. The first-order chi connectivity index (χ1) is 9.86. The lowest BCUT2D eigenvalue weighted by Crippen LogP contribution is -2.00. The maximum Gasteiger partial charge on any atom is 0.273 e. The molecule has 0 saturated heterocycles. The SMILES string of the molecule is CC(C)c1nc(Br)cc(Oc2cc([N+](=O)[O-])ccc2Cl)n1. The highest BCUT2D eigenvalue weighted by Crippen LogP contribution is 2.33. The predicted molar refractivity (Wildman–Crippen MR) is 82.0 cm³/mol. The monoisotopic (exact) mass is 371 g/mol. The highest BCUT2D eigenvalue weighted by atomic mass is 79.9. The number of nitro groups is 1. The molecule has 1 heterocycles. The molecule has 2 rings (SSSR count). The number of hydrogen-bond donors (Lipinski definition) is 0. The third-order valence-corrected chi connectivity index (χ3v) is 3.26. The fraction of sp³-hybridized carbons (Fsp3) is 0.231. The van der Waals surface area contributed by atoms with Crippen molar-refractivity contribution in [2.75, 3.05) is 0 Å². The fourth-order valence-electron chi connectivity index (χ4n) is 1.52. The van der Waals surface area contributed by atoms with Crippen LogP contribution in [0.2, 0.25) is 5.02 Å². The first kappa shape index (κ1) is 15.7. The molecule has 0 aliphatic rings. The standard InChI is InChI=1S/C13H11BrClN3O3/c1-7(2)13-16-11(14)6-12(17-13)21-10-5-8(18(19)20)3-4-9(10)15/h3-7H,1-2H3. The van der Waals surface area contributed by atoms with E-state index in [1.807, 2.05) is 13.8 Å². The minimum absolute atomic E-state index is 0.105. The highest BCUT2D eigenvalue weighted by molar-refractivity contribution is 9.10. The van der Waals surface area contributed by atoms with Crippen molar-refractivity contribution < 1.29 is 9.66 Å². The summed E-state index contributed by atoms with van der Waals surface area (Å²) in [5, 5.41) is 11.1. The van der Waals surface area contributed by atoms with Crippen LogP contribution in [0.15, 0.2) is 28.9 Å². The van der Waals surface area contributed by atoms with E-state index < -0.39 is 4.92 Å². The second-order valence-electron chi connectivity index (χ2n) is 4.52. The van der Waals surface area contributed by atoms with Gasteiger partial charge in [-0.3, -0.25) is 10.1 Å². The number of nitrogens with zero attached hydrogens (tertiary/aromatic N) is 3. The topological polar surface area (TPSA) is 78.2 Å². The predicted octanol–water partition coefficient (Wildman–Crippen LogP) is 4.72. The highest BCUT2D eigenvalue weighted by Gasteiger charge is 2.14. The van der Waals surface area contributed by atoms with Crippen LogP contribution in [0, 0.1) is 10.1 Å². The fourth-order valence-corrected chi connectivity index (χ4v) is 2.05. The largest absolute Gasteiger partial charge is 0.437 e. The Bertz CT molecular complexity index is 694. The van der Waals surface area contributed by atoms with Gasteiger partial charge in [-0.25, -0.2) is 4.98 Å². The average molecular weight is 373 g/mol. The van der Waals surface area contributed by atoms with Gasteiger partial charge in [0.2, 0.25) is 5.88 Å². The van der Waals surface area contributed by atoms with E-state index in [0.29, 0.717) is 10.4 Å². The number of hydrogen-bond acceptors (Lipinski definition) is 5. The molecule has 1 aromatic carbocycles. The second kappa shape index (κ2) is 6.36. The minimum Gasteiger partial charge on any atom is -0.437 e. The van der Waals surface area contributed by atoms with E-state index in [1.165, 1.54) is 18.2 Å². The van der Waals surface area contributed by atoms with E-state index >= 15 is 0 Å². The van der Waals surface area contributed by atoms with Gasteiger partial charge >= 0.3 is 0 Å². The summed E-state index contributed by atoms with van der Waals surface area (Å²) in [6.07, 6.45) is 0. The molecule has 0 N–H and O–H groups in total. The number of halogens is 2. The van der Waals surface area contributed by atoms with Crippen LogP contribution in [0.4, 0.5) is 5.69 Å². The first-order valence-electron chi connectivity index (χ1n) is 6.03. The molecule has 8 heteroatoms. The van der Waals surface area contributed by atoms with Gasteiger partial charge in [0.1, 0.15) is 10.4 Å². The number of nitro benzene ring substituents is 1. The molecule has 2 aromatic rings. The Balaban J connectivity index is 2.38. The van der Waals surface area contributed by atoms with Crippen molar-refractivity contribution in [3.63, 3.8) is 0 Å². The van der Waals surface area contributed by atoms with Gasteiger partial charge in [-0.1, -0.05) is 25.4 Å². The van der Waals surface area contributed by atoms with E-state index in [1.54, 1.807) is 6.07 Å². The molecule has 110 valence electrons. The summed E-state index contributed by atoms with van der Waals surface area (Å²) in [6.45, 7) is 3.90. The van der Waals surface area contributed by atoms with E-state index in [4.69, 9.17) is 16.3 Å². The number of non-ortho nitro benzene ring substituents is 1. The smallest absolute Gasteiger partial charge is 0.273 e. The normalized spacial score (nSPS) is 10.7. The minimum atomic E-state index is -0.515. The molecule has 0 bridgehead atoms. The lowest BCUT2D eigenvalue weighted by Gasteiger charge is -2.09. The Morgan fingerprint density at radius 3 is 2.67 bits per heavy atom. The van der Waals surface area contributed by atoms with Crippen LogP contribution >= 0.6 is 27.5 Å². The van der Waals surface area contributed by atoms with Crippen LogP contribution in [0.3, 0.4) is 0 Å². The van der Waals surface area contributed by atoms with Crippen molar-refractivity contribution in [3.05, 3.63) is 49.8 Å². The Hall–Kier alpha value is -1.73. The molecule has 6 nitrogen and oxygen atoms in total. The van der Waals surface area contributed by atoms with Gasteiger partial charge in [-0.2, -0.15) is 4.98 Å². The summed E-state index contributed by atoms with van der Waals surface area (Å²) in [7, 11) is 0. The summed E-state index contributed by atoms with van der Waals surface area (Å²) in [4.78, 5) is 18.8. The van der Waals surface area contributed by atoms with Crippen LogP contribution in [-0.4, -0.2) is 14.9 Å². The van der Waals surface area contributed by atoms with E-state index in [-0.39, 0.29) is 28.3 Å². The zero-order valence-corrected chi connectivity index (χ0v) is 13.6. The molecular weight excluding hydrogens is 362 g/mol. The molecule has 0 amide bonds. The van der Waals surface area contributed by atoms with Crippen molar-refractivity contribution in [2.45, 2.75) is 19.8 Å². The summed E-state index contributed by atoms with van der Waals surface area (Å²) in [6, 6.07) is 5.55. The molecule has 0 unspecified atom stereocenters. The Morgan fingerprint density at radius 2 is 2.05 bits per heavy atom. The molecule has 0 atom stereocenters. The Morgan fingerprint density at radius 1 is 1.33 bits per heavy atom. The zero-order valence-electron chi connectivity index (χ0n) is 11.2. The maximum absolute atomic E-state index is 10.8. The van der Waals surface area contributed by atoms with Crippen molar-refractivity contribution in [1.82, 2.24) is 9.97 Å². The van der Waals surface area contributed by atoms with Crippen LogP contribution in [-0.2, 0) is 0 Å². The molecular formula is C13H11BrClN3O3. The van der Waals surface area contributed by atoms with Crippen molar-refractivity contribution in [2.24, 2.45) is 0 Å². The quantitative estimate of drug-likeness (QED) is 0.441. The summed E-state index contributed by atoms with van der Waals surface area (Å²) >= 11 is 9.27. The zero-order chi connectivity index (χ0) is 15.6. The molecule has 0 aliphatic heterocycles. The van der Waals surface area contributed by atoms with Gasteiger partial charge in [-0.15, -0.1) is 0 Å². The second-order valence-corrected chi connectivity index (χ2v) is 5.74. The van der Waals surface area contributed by atoms with Crippen LogP contribution in [0.5, 0.6) is 11.6 Å². The number of rotatable bonds is 4. The van der Waals surface area contributed by atoms with E-state index in [2.05, 4.69) is 25.9 Å². The molecule has 0 aliphatic carbocycles. The Kier molecular flexibility index (Phi) is 4.74. The van der Waals surface area contributed by atoms with Gasteiger partial charge in [0.25, 0.3) is 5.69 Å². The van der Waals surface area contributed by atoms with Gasteiger partial charge in [0.15, 0.2) is 5.75 Å². The third kappa shape index (κ3) is 3.89. The summed E-state index contributed by atoms with van der Waals surface area (Å²) < 4.78 is 6.12. The van der Waals surface area contributed by atoms with E-state index in [9.17, 15) is 10.1 Å². The summed E-state index contributed by atoms with van der Waals surface area (Å²) in [5.41, 5.74) is -0.105. The first-order valence-corrected chi connectivity index (χ1v) is 7.20. The van der Waals surface area contributed by atoms with Gasteiger partial charge in [-0.05, 0) is 22.0 Å². The summed E-state index contributed by atoms with van der Waals surface area (Å²) in [5.74, 6) is 1.15. The lowest BCUT2D eigenvalue weighted by atomic mass is 10.2. The third-order valence-electron chi connectivity index (χ3n) is 2.55. The van der Waals surface area contributed by atoms with Crippen molar-refractivity contribution >= 4 is 33.2 Å². The average Bonchev–Trinajstić information content (AvgIpc) is 2.40. The molecule has 21 heavy (non-hydrogen) atoms. The number of aromatic nitrogens is 2. The van der Waals surface area contributed by atoms with Gasteiger partial charge in [0.05, 0.1) is 16.0 Å². The van der Waals surface area contributed by atoms with Gasteiger partial charge < -0.3 is 4.74 Å². The maximum atomic E-state index is 10.8. The van der Waals surface area contributed by atoms with Crippen LogP contribution < -0.4 is 4.74 Å². The van der Waals surface area contributed by atoms with E-state index in [0.717, 1.165) is 0 Å². The van der Waals surface area contributed by atoms with Gasteiger partial charge in [0, 0.05) is 18.1 Å². The van der Waals surface area contributed by atoms with Crippen LogP contribution in [0.1, 0.15) is 25.6 Å². The molecule has 0 saturated carbocycles. The van der Waals surface area contributed by atoms with Crippen LogP contribution in [0.25, 0.3) is 0 Å². The molecule has 0 radical (unpaired) electrons. The Labute approximate surface area is 134 Å². The molecule has 0 spiro atoms. The molecule has 0 fully saturated rings.